The Labute approximate surface area is 183 Å². The molecule has 0 atom stereocenters. The van der Waals surface area contributed by atoms with Gasteiger partial charge in [0.15, 0.2) is 5.13 Å². The van der Waals surface area contributed by atoms with Gasteiger partial charge in [0, 0.05) is 30.1 Å². The molecule has 0 bridgehead atoms. The first-order valence-corrected chi connectivity index (χ1v) is 10.4. The number of ether oxygens (including phenoxy) is 2. The quantitative estimate of drug-likeness (QED) is 0.631. The Kier molecular flexibility index (Phi) is 5.99. The van der Waals surface area contributed by atoms with E-state index in [0.29, 0.717) is 47.5 Å². The number of fused-ring (bicyclic) bond motifs is 1. The highest BCUT2D eigenvalue weighted by Gasteiger charge is 2.25. The van der Waals surface area contributed by atoms with E-state index in [9.17, 15) is 9.59 Å². The summed E-state index contributed by atoms with van der Waals surface area (Å²) in [5.41, 5.74) is 1.78. The highest BCUT2D eigenvalue weighted by Crippen LogP contribution is 2.31. The Morgan fingerprint density at radius 1 is 1.13 bits per heavy atom. The van der Waals surface area contributed by atoms with E-state index in [1.165, 1.54) is 18.4 Å². The number of nitrogens with zero attached hydrogens (tertiary/aromatic N) is 3. The Morgan fingerprint density at radius 2 is 2.00 bits per heavy atom. The van der Waals surface area contributed by atoms with Crippen LogP contribution in [0.3, 0.4) is 0 Å². The number of thiazole rings is 1. The molecule has 0 saturated heterocycles. The number of carbonyl (C=O) groups excluding carboxylic acids is 2. The Bertz CT molecular complexity index is 1100. The summed E-state index contributed by atoms with van der Waals surface area (Å²) in [6.45, 7) is 0.936. The zero-order chi connectivity index (χ0) is 21.8. The van der Waals surface area contributed by atoms with Crippen LogP contribution in [-0.4, -0.2) is 47.6 Å². The van der Waals surface area contributed by atoms with Crippen molar-refractivity contribution >= 4 is 34.1 Å². The number of pyridine rings is 1. The average Bonchev–Trinajstić information content (AvgIpc) is 3.21. The SMILES string of the molecule is COc1ccc(NC(=O)N2CCc3nc(NC(=O)c4ccccn4)sc3C2)c(OC)c1. The van der Waals surface area contributed by atoms with Gasteiger partial charge in [-0.2, -0.15) is 0 Å². The fourth-order valence-corrected chi connectivity index (χ4v) is 4.20. The monoisotopic (exact) mass is 439 g/mol. The summed E-state index contributed by atoms with van der Waals surface area (Å²) in [5.74, 6) is 0.845. The van der Waals surface area contributed by atoms with E-state index < -0.39 is 0 Å². The second-order valence-electron chi connectivity index (χ2n) is 6.73. The van der Waals surface area contributed by atoms with Gasteiger partial charge in [0.2, 0.25) is 0 Å². The zero-order valence-electron chi connectivity index (χ0n) is 17.0. The number of rotatable bonds is 5. The first-order chi connectivity index (χ1) is 15.1. The summed E-state index contributed by atoms with van der Waals surface area (Å²) in [4.78, 5) is 36.3. The molecule has 0 radical (unpaired) electrons. The first kappa shape index (κ1) is 20.6. The van der Waals surface area contributed by atoms with Crippen LogP contribution in [-0.2, 0) is 13.0 Å². The number of nitrogens with one attached hydrogen (secondary N) is 2. The zero-order valence-corrected chi connectivity index (χ0v) is 17.9. The van der Waals surface area contributed by atoms with Gasteiger partial charge >= 0.3 is 6.03 Å². The summed E-state index contributed by atoms with van der Waals surface area (Å²) in [6, 6.07) is 10.1. The number of carbonyl (C=O) groups is 2. The van der Waals surface area contributed by atoms with Gasteiger partial charge < -0.3 is 19.7 Å². The predicted molar refractivity (Wildman–Crippen MR) is 117 cm³/mol. The molecule has 0 saturated carbocycles. The van der Waals surface area contributed by atoms with Crippen molar-refractivity contribution in [2.24, 2.45) is 0 Å². The lowest BCUT2D eigenvalue weighted by Crippen LogP contribution is -2.38. The molecule has 0 spiro atoms. The maximum Gasteiger partial charge on any atom is 0.322 e. The van der Waals surface area contributed by atoms with Crippen molar-refractivity contribution in [2.45, 2.75) is 13.0 Å². The van der Waals surface area contributed by atoms with Crippen LogP contribution in [0.1, 0.15) is 21.1 Å². The van der Waals surface area contributed by atoms with E-state index in [1.807, 2.05) is 0 Å². The van der Waals surface area contributed by atoms with Crippen molar-refractivity contribution in [3.05, 3.63) is 58.9 Å². The largest absolute Gasteiger partial charge is 0.497 e. The van der Waals surface area contributed by atoms with Crippen LogP contribution in [0.25, 0.3) is 0 Å². The van der Waals surface area contributed by atoms with Crippen LogP contribution in [0.5, 0.6) is 11.5 Å². The van der Waals surface area contributed by atoms with E-state index in [1.54, 1.807) is 54.6 Å². The number of benzene rings is 1. The lowest BCUT2D eigenvalue weighted by Gasteiger charge is -2.26. The molecule has 0 unspecified atom stereocenters. The van der Waals surface area contributed by atoms with E-state index in [0.717, 1.165) is 10.6 Å². The van der Waals surface area contributed by atoms with Crippen LogP contribution in [0, 0.1) is 0 Å². The minimum absolute atomic E-state index is 0.235. The first-order valence-electron chi connectivity index (χ1n) is 9.56. The summed E-state index contributed by atoms with van der Waals surface area (Å²) in [5, 5.41) is 6.17. The molecule has 1 aliphatic rings. The Morgan fingerprint density at radius 3 is 2.74 bits per heavy atom. The lowest BCUT2D eigenvalue weighted by molar-refractivity contribution is 0.102. The second-order valence-corrected chi connectivity index (χ2v) is 7.81. The van der Waals surface area contributed by atoms with Gasteiger partial charge in [-0.1, -0.05) is 17.4 Å². The molecule has 160 valence electrons. The molecular formula is C21H21N5O4S. The molecule has 31 heavy (non-hydrogen) atoms. The van der Waals surface area contributed by atoms with Gasteiger partial charge in [0.05, 0.1) is 32.1 Å². The molecule has 3 heterocycles. The maximum atomic E-state index is 12.8. The number of hydrogen-bond acceptors (Lipinski definition) is 7. The molecule has 3 amide bonds. The van der Waals surface area contributed by atoms with Crippen LogP contribution in [0.2, 0.25) is 0 Å². The van der Waals surface area contributed by atoms with Gasteiger partial charge in [-0.25, -0.2) is 9.78 Å². The lowest BCUT2D eigenvalue weighted by atomic mass is 10.2. The predicted octanol–water partition coefficient (Wildman–Crippen LogP) is 3.40. The highest BCUT2D eigenvalue weighted by molar-refractivity contribution is 7.15. The number of methoxy groups -OCH3 is 2. The molecule has 4 rings (SSSR count). The molecule has 2 aromatic heterocycles. The van der Waals surface area contributed by atoms with Crippen molar-refractivity contribution in [3.63, 3.8) is 0 Å². The molecule has 3 aromatic rings. The van der Waals surface area contributed by atoms with Crippen molar-refractivity contribution in [2.75, 3.05) is 31.4 Å². The minimum Gasteiger partial charge on any atom is -0.497 e. The van der Waals surface area contributed by atoms with Crippen LogP contribution < -0.4 is 20.1 Å². The second kappa shape index (κ2) is 9.00. The van der Waals surface area contributed by atoms with E-state index in [4.69, 9.17) is 9.47 Å². The number of hydrogen-bond donors (Lipinski definition) is 2. The van der Waals surface area contributed by atoms with E-state index >= 15 is 0 Å². The average molecular weight is 439 g/mol. The molecule has 0 fully saturated rings. The third kappa shape index (κ3) is 4.58. The third-order valence-electron chi connectivity index (χ3n) is 4.79. The molecule has 0 aliphatic carbocycles. The number of aromatic nitrogens is 2. The molecule has 9 nitrogen and oxygen atoms in total. The minimum atomic E-state index is -0.312. The number of amides is 3. The normalized spacial score (nSPS) is 12.6. The smallest absolute Gasteiger partial charge is 0.322 e. The van der Waals surface area contributed by atoms with Gasteiger partial charge in [0.1, 0.15) is 17.2 Å². The number of anilines is 2. The summed E-state index contributed by atoms with van der Waals surface area (Å²) >= 11 is 1.36. The molecule has 1 aromatic carbocycles. The van der Waals surface area contributed by atoms with Crippen LogP contribution in [0.4, 0.5) is 15.6 Å². The molecule has 10 heteroatoms. The fraction of sp³-hybridized carbons (Fsp3) is 0.238. The van der Waals surface area contributed by atoms with E-state index in [-0.39, 0.29) is 11.9 Å². The highest BCUT2D eigenvalue weighted by atomic mass is 32.1. The number of urea groups is 1. The molecule has 1 aliphatic heterocycles. The van der Waals surface area contributed by atoms with Crippen molar-refractivity contribution in [1.29, 1.82) is 0 Å². The maximum absolute atomic E-state index is 12.8. The standard InChI is InChI=1S/C21H21N5O4S/c1-29-13-6-7-14(17(11-13)30-2)24-21(28)26-10-8-15-18(12-26)31-20(23-15)25-19(27)16-5-3-4-9-22-16/h3-7,9,11H,8,10,12H2,1-2H3,(H,24,28)(H,23,25,27). The fourth-order valence-electron chi connectivity index (χ4n) is 3.18. The van der Waals surface area contributed by atoms with Crippen LogP contribution >= 0.6 is 11.3 Å². The topological polar surface area (TPSA) is 106 Å². The van der Waals surface area contributed by atoms with Crippen LogP contribution in [0.15, 0.2) is 42.6 Å². The third-order valence-corrected chi connectivity index (χ3v) is 5.78. The Hall–Kier alpha value is -3.66. The summed E-state index contributed by atoms with van der Waals surface area (Å²) in [6.07, 6.45) is 2.18. The Balaban J connectivity index is 1.42. The van der Waals surface area contributed by atoms with Gasteiger partial charge in [-0.05, 0) is 24.3 Å². The van der Waals surface area contributed by atoms with E-state index in [2.05, 4.69) is 20.6 Å². The van der Waals surface area contributed by atoms with Crippen molar-refractivity contribution in [1.82, 2.24) is 14.9 Å². The van der Waals surface area contributed by atoms with Crippen molar-refractivity contribution in [3.8, 4) is 11.5 Å². The summed E-state index contributed by atoms with van der Waals surface area (Å²) in [7, 11) is 3.11. The van der Waals surface area contributed by atoms with Gasteiger partial charge in [0.25, 0.3) is 5.91 Å². The summed E-state index contributed by atoms with van der Waals surface area (Å²) < 4.78 is 10.5. The molecule has 2 N–H and O–H groups in total. The molecular weight excluding hydrogens is 418 g/mol. The van der Waals surface area contributed by atoms with Gasteiger partial charge in [-0.15, -0.1) is 0 Å². The van der Waals surface area contributed by atoms with Gasteiger partial charge in [-0.3, -0.25) is 15.1 Å². The van der Waals surface area contributed by atoms with Crippen molar-refractivity contribution < 1.29 is 19.1 Å².